The van der Waals surface area contributed by atoms with Gasteiger partial charge < -0.3 is 9.47 Å². The summed E-state index contributed by atoms with van der Waals surface area (Å²) < 4.78 is 9.55. The van der Waals surface area contributed by atoms with Crippen LogP contribution in [0.2, 0.25) is 0 Å². The van der Waals surface area contributed by atoms with E-state index in [-0.39, 0.29) is 11.7 Å². The summed E-state index contributed by atoms with van der Waals surface area (Å²) in [7, 11) is 1.29. The van der Waals surface area contributed by atoms with E-state index in [1.807, 2.05) is 0 Å². The van der Waals surface area contributed by atoms with Crippen LogP contribution in [0, 0.1) is 17.8 Å². The predicted molar refractivity (Wildman–Crippen MR) is 62.1 cm³/mol. The molecule has 1 aliphatic carbocycles. The fourth-order valence-corrected chi connectivity index (χ4v) is 1.13. The van der Waals surface area contributed by atoms with Crippen LogP contribution in [0.5, 0.6) is 0 Å². The zero-order valence-corrected chi connectivity index (χ0v) is 9.90. The number of ketones is 1. The minimum atomic E-state index is -0.542. The Labute approximate surface area is 101 Å². The fourth-order valence-electron chi connectivity index (χ4n) is 1.13. The number of ether oxygens (including phenoxy) is 2. The van der Waals surface area contributed by atoms with Gasteiger partial charge in [0.25, 0.3) is 0 Å². The summed E-state index contributed by atoms with van der Waals surface area (Å²) in [4.78, 5) is 21.8. The Morgan fingerprint density at radius 2 is 2.18 bits per heavy atom. The third-order valence-corrected chi connectivity index (χ3v) is 2.22. The monoisotopic (exact) mass is 236 g/mol. The Morgan fingerprint density at radius 1 is 1.41 bits per heavy atom. The van der Waals surface area contributed by atoms with Crippen LogP contribution in [0.1, 0.15) is 19.3 Å². The van der Waals surface area contributed by atoms with Crippen LogP contribution in [0.25, 0.3) is 0 Å². The first kappa shape index (κ1) is 13.5. The van der Waals surface area contributed by atoms with E-state index in [9.17, 15) is 9.59 Å². The van der Waals surface area contributed by atoms with Gasteiger partial charge in [0.15, 0.2) is 5.78 Å². The highest BCUT2D eigenvalue weighted by atomic mass is 16.5. The third kappa shape index (κ3) is 6.54. The van der Waals surface area contributed by atoms with Gasteiger partial charge in [-0.2, -0.15) is 0 Å². The number of rotatable bonds is 6. The molecule has 0 unspecified atom stereocenters. The van der Waals surface area contributed by atoms with Crippen LogP contribution in [0.3, 0.4) is 0 Å². The summed E-state index contributed by atoms with van der Waals surface area (Å²) in [6, 6.07) is 0. The molecule has 0 radical (unpaired) electrons. The lowest BCUT2D eigenvalue weighted by molar-refractivity contribution is -0.133. The van der Waals surface area contributed by atoms with E-state index in [1.54, 1.807) is 12.2 Å². The van der Waals surface area contributed by atoms with Crippen LogP contribution in [0.15, 0.2) is 12.2 Å². The molecule has 4 nitrogen and oxygen atoms in total. The van der Waals surface area contributed by atoms with E-state index in [0.717, 1.165) is 12.8 Å². The fraction of sp³-hybridized carbons (Fsp3) is 0.538. The van der Waals surface area contributed by atoms with Crippen molar-refractivity contribution in [3.8, 4) is 11.8 Å². The van der Waals surface area contributed by atoms with Gasteiger partial charge in [0.2, 0.25) is 0 Å². The summed E-state index contributed by atoms with van der Waals surface area (Å²) >= 11 is 0. The molecule has 0 aromatic carbocycles. The maximum atomic E-state index is 11.2. The van der Waals surface area contributed by atoms with Gasteiger partial charge in [0, 0.05) is 18.3 Å². The molecule has 0 N–H and O–H groups in total. The Balaban J connectivity index is 1.98. The van der Waals surface area contributed by atoms with Crippen molar-refractivity contribution < 1.29 is 19.1 Å². The topological polar surface area (TPSA) is 52.6 Å². The molecule has 0 saturated heterocycles. The molecule has 0 amide bonds. The van der Waals surface area contributed by atoms with Gasteiger partial charge in [0.05, 0.1) is 20.3 Å². The van der Waals surface area contributed by atoms with Crippen molar-refractivity contribution >= 4 is 11.8 Å². The number of hydrogen-bond acceptors (Lipinski definition) is 4. The van der Waals surface area contributed by atoms with Crippen molar-refractivity contribution in [1.29, 1.82) is 0 Å². The highest BCUT2D eigenvalue weighted by Gasteiger charge is 2.27. The zero-order chi connectivity index (χ0) is 12.5. The molecule has 0 bridgehead atoms. The molecular weight excluding hydrogens is 220 g/mol. The standard InChI is InChI=1S/C13H16O4/c1-16-13(15)6-2-3-9-17-10-4-5-12(14)11-7-8-11/h4-5,11H,3,7-10H2,1H3/b5-4+. The summed E-state index contributed by atoms with van der Waals surface area (Å²) in [5.74, 6) is 4.84. The number of esters is 1. The Morgan fingerprint density at radius 3 is 2.82 bits per heavy atom. The lowest BCUT2D eigenvalue weighted by Gasteiger charge is -1.95. The van der Waals surface area contributed by atoms with Gasteiger partial charge in [-0.25, -0.2) is 4.79 Å². The van der Waals surface area contributed by atoms with Gasteiger partial charge >= 0.3 is 5.97 Å². The van der Waals surface area contributed by atoms with Gasteiger partial charge in [-0.1, -0.05) is 12.0 Å². The second-order valence-electron chi connectivity index (χ2n) is 3.70. The molecule has 1 saturated carbocycles. The molecule has 0 heterocycles. The minimum absolute atomic E-state index is 0.194. The minimum Gasteiger partial charge on any atom is -0.459 e. The van der Waals surface area contributed by atoms with Crippen molar-refractivity contribution in [1.82, 2.24) is 0 Å². The van der Waals surface area contributed by atoms with Crippen molar-refractivity contribution in [2.75, 3.05) is 20.3 Å². The summed E-state index contributed by atoms with van der Waals surface area (Å²) in [6.45, 7) is 0.838. The first-order valence-electron chi connectivity index (χ1n) is 5.59. The largest absolute Gasteiger partial charge is 0.459 e. The molecule has 1 fully saturated rings. The summed E-state index contributed by atoms with van der Waals surface area (Å²) in [5.41, 5.74) is 0. The van der Waals surface area contributed by atoms with Crippen LogP contribution in [-0.2, 0) is 19.1 Å². The van der Waals surface area contributed by atoms with Crippen LogP contribution in [-0.4, -0.2) is 32.1 Å². The molecule has 1 rings (SSSR count). The lowest BCUT2D eigenvalue weighted by atomic mass is 10.2. The SMILES string of the molecule is COC(=O)C#CCCOC/C=C/C(=O)C1CC1. The van der Waals surface area contributed by atoms with E-state index in [1.165, 1.54) is 7.11 Å². The van der Waals surface area contributed by atoms with Gasteiger partial charge in [-0.15, -0.1) is 0 Å². The van der Waals surface area contributed by atoms with E-state index in [2.05, 4.69) is 16.6 Å². The lowest BCUT2D eigenvalue weighted by Crippen LogP contribution is -1.98. The number of allylic oxidation sites excluding steroid dienone is 1. The molecule has 0 atom stereocenters. The molecular formula is C13H16O4. The number of methoxy groups -OCH3 is 1. The molecule has 4 heteroatoms. The van der Waals surface area contributed by atoms with E-state index >= 15 is 0 Å². The average Bonchev–Trinajstić information content (AvgIpc) is 3.15. The molecule has 0 aliphatic heterocycles. The molecule has 0 aromatic rings. The normalized spacial score (nSPS) is 14.2. The van der Waals surface area contributed by atoms with Crippen molar-refractivity contribution in [3.05, 3.63) is 12.2 Å². The van der Waals surface area contributed by atoms with Crippen molar-refractivity contribution in [3.63, 3.8) is 0 Å². The van der Waals surface area contributed by atoms with E-state index in [0.29, 0.717) is 19.6 Å². The maximum Gasteiger partial charge on any atom is 0.384 e. The van der Waals surface area contributed by atoms with Gasteiger partial charge in [0.1, 0.15) is 0 Å². The Hall–Kier alpha value is -1.60. The first-order valence-corrected chi connectivity index (χ1v) is 5.59. The third-order valence-electron chi connectivity index (χ3n) is 2.22. The molecule has 0 spiro atoms. The molecule has 0 aromatic heterocycles. The number of hydrogen-bond donors (Lipinski definition) is 0. The van der Waals surface area contributed by atoms with Gasteiger partial charge in [-0.3, -0.25) is 4.79 Å². The van der Waals surface area contributed by atoms with E-state index in [4.69, 9.17) is 4.74 Å². The molecule has 1 aliphatic rings. The molecule has 92 valence electrons. The highest BCUT2D eigenvalue weighted by Crippen LogP contribution is 2.29. The predicted octanol–water partition coefficient (Wildman–Crippen LogP) is 1.10. The van der Waals surface area contributed by atoms with Gasteiger partial charge in [-0.05, 0) is 18.9 Å². The van der Waals surface area contributed by atoms with Crippen LogP contribution < -0.4 is 0 Å². The first-order chi connectivity index (χ1) is 8.24. The maximum absolute atomic E-state index is 11.2. The summed E-state index contributed by atoms with van der Waals surface area (Å²) in [6.07, 6.45) is 5.81. The van der Waals surface area contributed by atoms with Crippen LogP contribution >= 0.6 is 0 Å². The number of carbonyl (C=O) groups excluding carboxylic acids is 2. The van der Waals surface area contributed by atoms with E-state index < -0.39 is 5.97 Å². The molecule has 17 heavy (non-hydrogen) atoms. The average molecular weight is 236 g/mol. The smallest absolute Gasteiger partial charge is 0.384 e. The van der Waals surface area contributed by atoms with Crippen LogP contribution in [0.4, 0.5) is 0 Å². The summed E-state index contributed by atoms with van der Waals surface area (Å²) in [5, 5.41) is 0. The van der Waals surface area contributed by atoms with Crippen molar-refractivity contribution in [2.24, 2.45) is 5.92 Å². The number of carbonyl (C=O) groups is 2. The second kappa shape index (κ2) is 7.64. The zero-order valence-electron chi connectivity index (χ0n) is 9.90. The second-order valence-corrected chi connectivity index (χ2v) is 3.70. The highest BCUT2D eigenvalue weighted by molar-refractivity contribution is 5.93. The Bertz CT molecular complexity index is 355. The van der Waals surface area contributed by atoms with Crippen molar-refractivity contribution in [2.45, 2.75) is 19.3 Å². The Kier molecular flexibility index (Phi) is 6.05. The quantitative estimate of drug-likeness (QED) is 0.228.